The van der Waals surface area contributed by atoms with Crippen LogP contribution in [-0.4, -0.2) is 53.5 Å². The van der Waals surface area contributed by atoms with Crippen LogP contribution in [0.5, 0.6) is 0 Å². The van der Waals surface area contributed by atoms with Gasteiger partial charge < -0.3 is 15.2 Å². The summed E-state index contributed by atoms with van der Waals surface area (Å²) < 4.78 is 23.5. The van der Waals surface area contributed by atoms with Gasteiger partial charge >= 0.3 is 0 Å². The Morgan fingerprint density at radius 2 is 2.09 bits per heavy atom. The van der Waals surface area contributed by atoms with Gasteiger partial charge in [0, 0.05) is 24.2 Å². The average Bonchev–Trinajstić information content (AvgIpc) is 3.06. The lowest BCUT2D eigenvalue weighted by atomic mass is 10.2. The van der Waals surface area contributed by atoms with E-state index >= 15 is 0 Å². The summed E-state index contributed by atoms with van der Waals surface area (Å²) in [5.41, 5.74) is 2.27. The minimum absolute atomic E-state index is 0.0121. The number of thiocarbonyl (C=S) groups is 1. The number of hydrogen-bond donors (Lipinski definition) is 2. The van der Waals surface area contributed by atoms with Gasteiger partial charge in [0.15, 0.2) is 14.9 Å². The van der Waals surface area contributed by atoms with E-state index in [-0.39, 0.29) is 23.6 Å². The van der Waals surface area contributed by atoms with Gasteiger partial charge in [-0.25, -0.2) is 8.42 Å². The van der Waals surface area contributed by atoms with E-state index < -0.39 is 9.84 Å². The molecule has 0 radical (unpaired) electrons. The number of fused-ring (bicyclic) bond motifs is 2. The summed E-state index contributed by atoms with van der Waals surface area (Å²) in [5.74, 6) is 0.401. The summed E-state index contributed by atoms with van der Waals surface area (Å²) in [6.07, 6.45) is 0.819. The van der Waals surface area contributed by atoms with E-state index in [0.717, 1.165) is 24.2 Å². The number of para-hydroxylation sites is 1. The molecule has 0 aliphatic carbocycles. The van der Waals surface area contributed by atoms with Crippen molar-refractivity contribution in [2.45, 2.75) is 18.5 Å². The third-order valence-electron chi connectivity index (χ3n) is 4.50. The molecule has 2 saturated heterocycles. The van der Waals surface area contributed by atoms with Gasteiger partial charge in [0.05, 0.1) is 23.6 Å². The van der Waals surface area contributed by atoms with E-state index in [2.05, 4.69) is 28.5 Å². The van der Waals surface area contributed by atoms with Gasteiger partial charge in [0.2, 0.25) is 0 Å². The predicted octanol–water partition coefficient (Wildman–Crippen LogP) is 1.07. The van der Waals surface area contributed by atoms with Crippen LogP contribution < -0.4 is 5.32 Å². The van der Waals surface area contributed by atoms with Crippen LogP contribution in [0.3, 0.4) is 0 Å². The first kappa shape index (κ1) is 14.0. The van der Waals surface area contributed by atoms with Crippen LogP contribution in [0.2, 0.25) is 0 Å². The zero-order valence-electron chi connectivity index (χ0n) is 12.0. The monoisotopic (exact) mass is 335 g/mol. The van der Waals surface area contributed by atoms with Crippen molar-refractivity contribution in [3.63, 3.8) is 0 Å². The summed E-state index contributed by atoms with van der Waals surface area (Å²) in [4.78, 5) is 5.44. The molecule has 3 heterocycles. The summed E-state index contributed by atoms with van der Waals surface area (Å²) in [6, 6.07) is 10.3. The number of H-pyrrole nitrogens is 1. The molecule has 4 rings (SSSR count). The molecule has 2 N–H and O–H groups in total. The van der Waals surface area contributed by atoms with Gasteiger partial charge in [-0.1, -0.05) is 18.2 Å². The first-order chi connectivity index (χ1) is 10.5. The van der Waals surface area contributed by atoms with E-state index in [9.17, 15) is 8.42 Å². The molecule has 0 amide bonds. The molecule has 2 aromatic rings. The normalized spacial score (nSPS) is 26.4. The second-order valence-electron chi connectivity index (χ2n) is 6.03. The van der Waals surface area contributed by atoms with Crippen LogP contribution in [0.15, 0.2) is 30.3 Å². The van der Waals surface area contributed by atoms with Crippen LogP contribution in [0, 0.1) is 0 Å². The highest BCUT2D eigenvalue weighted by Crippen LogP contribution is 2.25. The first-order valence-electron chi connectivity index (χ1n) is 7.36. The fourth-order valence-electron chi connectivity index (χ4n) is 3.44. The average molecular weight is 335 g/mol. The number of rotatable bonds is 3. The molecule has 7 heteroatoms. The fourth-order valence-corrected chi connectivity index (χ4v) is 5.74. The van der Waals surface area contributed by atoms with Crippen molar-refractivity contribution in [3.05, 3.63) is 36.0 Å². The van der Waals surface area contributed by atoms with Crippen molar-refractivity contribution >= 4 is 38.1 Å². The second kappa shape index (κ2) is 4.96. The van der Waals surface area contributed by atoms with E-state index in [1.807, 2.05) is 17.0 Å². The standard InChI is InChI=1S/C15H17N3O2S2/c19-22(20)8-13-14(9-22)18(15(21)17-13)6-5-11-7-10-3-1-2-4-12(10)16-11/h1-4,7,13-14,16H,5-6,8-9H2,(H,17,21). The quantitative estimate of drug-likeness (QED) is 0.822. The molecular formula is C15H17N3O2S2. The number of nitrogens with zero attached hydrogens (tertiary/aromatic N) is 1. The van der Waals surface area contributed by atoms with Crippen molar-refractivity contribution in [1.82, 2.24) is 15.2 Å². The number of aromatic amines is 1. The lowest BCUT2D eigenvalue weighted by Gasteiger charge is -2.22. The van der Waals surface area contributed by atoms with Crippen LogP contribution in [-0.2, 0) is 16.3 Å². The minimum Gasteiger partial charge on any atom is -0.358 e. The maximum Gasteiger partial charge on any atom is 0.169 e. The summed E-state index contributed by atoms with van der Waals surface area (Å²) in [6.45, 7) is 0.731. The van der Waals surface area contributed by atoms with Crippen LogP contribution in [0.4, 0.5) is 0 Å². The molecule has 2 aliphatic heterocycles. The van der Waals surface area contributed by atoms with Gasteiger partial charge in [0.1, 0.15) is 0 Å². The Morgan fingerprint density at radius 3 is 2.91 bits per heavy atom. The van der Waals surface area contributed by atoms with Crippen LogP contribution in [0.1, 0.15) is 5.69 Å². The highest BCUT2D eigenvalue weighted by Gasteiger charge is 2.46. The smallest absolute Gasteiger partial charge is 0.169 e. The van der Waals surface area contributed by atoms with Gasteiger partial charge in [-0.2, -0.15) is 0 Å². The molecule has 1 aromatic heterocycles. The van der Waals surface area contributed by atoms with E-state index in [0.29, 0.717) is 5.11 Å². The molecule has 116 valence electrons. The van der Waals surface area contributed by atoms with E-state index in [1.54, 1.807) is 0 Å². The Balaban J connectivity index is 1.50. The van der Waals surface area contributed by atoms with Gasteiger partial charge in [-0.3, -0.25) is 0 Å². The Hall–Kier alpha value is -1.60. The van der Waals surface area contributed by atoms with Crippen molar-refractivity contribution < 1.29 is 8.42 Å². The predicted molar refractivity (Wildman–Crippen MR) is 90.7 cm³/mol. The summed E-state index contributed by atoms with van der Waals surface area (Å²) in [7, 11) is -2.94. The fraction of sp³-hybridized carbons (Fsp3) is 0.400. The zero-order chi connectivity index (χ0) is 15.3. The minimum atomic E-state index is -2.94. The molecule has 0 saturated carbocycles. The first-order valence-corrected chi connectivity index (χ1v) is 9.59. The van der Waals surface area contributed by atoms with Crippen molar-refractivity contribution in [1.29, 1.82) is 0 Å². The van der Waals surface area contributed by atoms with Crippen molar-refractivity contribution in [2.75, 3.05) is 18.1 Å². The second-order valence-corrected chi connectivity index (χ2v) is 8.57. The van der Waals surface area contributed by atoms with Crippen molar-refractivity contribution in [3.8, 4) is 0 Å². The lowest BCUT2D eigenvalue weighted by Crippen LogP contribution is -2.38. The molecule has 2 atom stereocenters. The Morgan fingerprint density at radius 1 is 1.27 bits per heavy atom. The van der Waals surface area contributed by atoms with Crippen molar-refractivity contribution in [2.24, 2.45) is 0 Å². The molecule has 22 heavy (non-hydrogen) atoms. The van der Waals surface area contributed by atoms with Gasteiger partial charge in [-0.15, -0.1) is 0 Å². The largest absolute Gasteiger partial charge is 0.358 e. The Kier molecular flexibility index (Phi) is 3.16. The third-order valence-corrected chi connectivity index (χ3v) is 6.57. The number of sulfone groups is 1. The van der Waals surface area contributed by atoms with E-state index in [1.165, 1.54) is 5.39 Å². The van der Waals surface area contributed by atoms with Gasteiger partial charge in [0.25, 0.3) is 0 Å². The number of aromatic nitrogens is 1. The Bertz CT molecular complexity index is 810. The number of hydrogen-bond acceptors (Lipinski definition) is 3. The molecule has 0 bridgehead atoms. The molecule has 2 unspecified atom stereocenters. The van der Waals surface area contributed by atoms with Crippen LogP contribution in [0.25, 0.3) is 10.9 Å². The molecule has 0 spiro atoms. The zero-order valence-corrected chi connectivity index (χ0v) is 13.6. The molecule has 1 aromatic carbocycles. The van der Waals surface area contributed by atoms with Gasteiger partial charge in [-0.05, 0) is 29.7 Å². The topological polar surface area (TPSA) is 65.2 Å². The number of benzene rings is 1. The molecular weight excluding hydrogens is 318 g/mol. The van der Waals surface area contributed by atoms with Crippen LogP contribution >= 0.6 is 12.2 Å². The maximum absolute atomic E-state index is 11.8. The highest BCUT2D eigenvalue weighted by molar-refractivity contribution is 7.91. The molecule has 2 fully saturated rings. The summed E-state index contributed by atoms with van der Waals surface area (Å²) in [5, 5.41) is 5.03. The number of nitrogens with one attached hydrogen (secondary N) is 2. The highest BCUT2D eigenvalue weighted by atomic mass is 32.2. The third kappa shape index (κ3) is 2.38. The Labute approximate surface area is 134 Å². The summed E-state index contributed by atoms with van der Waals surface area (Å²) >= 11 is 5.36. The lowest BCUT2D eigenvalue weighted by molar-refractivity contribution is 0.357. The molecule has 2 aliphatic rings. The maximum atomic E-state index is 11.8. The van der Waals surface area contributed by atoms with E-state index in [4.69, 9.17) is 12.2 Å². The SMILES string of the molecule is O=S1(=O)CC2NC(=S)N(CCc3cc4ccccc4[nH]3)C2C1. The molecule has 5 nitrogen and oxygen atoms in total.